The fourth-order valence-corrected chi connectivity index (χ4v) is 1.44. The van der Waals surface area contributed by atoms with Crippen molar-refractivity contribution in [2.24, 2.45) is 0 Å². The quantitative estimate of drug-likeness (QED) is 0.661. The van der Waals surface area contributed by atoms with Crippen LogP contribution in [0.2, 0.25) is 0 Å². The summed E-state index contributed by atoms with van der Waals surface area (Å²) in [4.78, 5) is 4.40. The third-order valence-electron chi connectivity index (χ3n) is 2.03. The number of ether oxygens (including phenoxy) is 1. The van der Waals surface area contributed by atoms with Crippen molar-refractivity contribution < 1.29 is 4.74 Å². The summed E-state index contributed by atoms with van der Waals surface area (Å²) in [5.41, 5.74) is 1.97. The second-order valence-electron chi connectivity index (χ2n) is 2.98. The number of nitrogens with zero attached hydrogens (tertiary/aromatic N) is 1. The molecule has 0 saturated carbocycles. The lowest BCUT2D eigenvalue weighted by molar-refractivity contribution is 0.419. The number of methoxy groups -OCH3 is 1. The molecule has 2 heteroatoms. The van der Waals surface area contributed by atoms with Gasteiger partial charge in [0, 0.05) is 17.1 Å². The van der Waals surface area contributed by atoms with Crippen LogP contribution in [0.5, 0.6) is 5.75 Å². The van der Waals surface area contributed by atoms with Gasteiger partial charge >= 0.3 is 0 Å². The van der Waals surface area contributed by atoms with Gasteiger partial charge in [-0.1, -0.05) is 12.1 Å². The first kappa shape index (κ1) is 8.05. The number of aromatic nitrogens is 1. The molecule has 0 N–H and O–H groups in total. The molecule has 2 rings (SSSR count). The molecule has 0 fully saturated rings. The number of pyridine rings is 1. The minimum atomic E-state index is 0.892. The third kappa shape index (κ3) is 1.35. The summed E-state index contributed by atoms with van der Waals surface area (Å²) in [5.74, 6) is 0.892. The summed E-state index contributed by atoms with van der Waals surface area (Å²) in [6.07, 6.45) is 0. The van der Waals surface area contributed by atoms with E-state index in [1.165, 1.54) is 0 Å². The second-order valence-corrected chi connectivity index (χ2v) is 2.98. The molecular formula is C11H11NO. The van der Waals surface area contributed by atoms with E-state index in [9.17, 15) is 0 Å². The van der Waals surface area contributed by atoms with Crippen molar-refractivity contribution in [1.29, 1.82) is 0 Å². The molecule has 0 radical (unpaired) electrons. The standard InChI is InChI=1S/C11H11NO/c1-8-7-11(13-2)9-5-3-4-6-10(9)12-8/h3-7H,1-2H3. The van der Waals surface area contributed by atoms with Crippen molar-refractivity contribution in [1.82, 2.24) is 4.98 Å². The predicted molar refractivity (Wildman–Crippen MR) is 53.0 cm³/mol. The highest BCUT2D eigenvalue weighted by Gasteiger charge is 2.01. The van der Waals surface area contributed by atoms with E-state index in [0.29, 0.717) is 0 Å². The molecule has 66 valence electrons. The second kappa shape index (κ2) is 3.05. The highest BCUT2D eigenvalue weighted by atomic mass is 16.5. The lowest BCUT2D eigenvalue weighted by Crippen LogP contribution is -1.89. The van der Waals surface area contributed by atoms with Gasteiger partial charge in [-0.05, 0) is 19.1 Å². The largest absolute Gasteiger partial charge is 0.496 e. The molecule has 2 aromatic rings. The molecule has 0 spiro atoms. The van der Waals surface area contributed by atoms with Gasteiger partial charge in [0.15, 0.2) is 0 Å². The first-order chi connectivity index (χ1) is 6.31. The van der Waals surface area contributed by atoms with E-state index in [2.05, 4.69) is 4.98 Å². The molecule has 0 unspecified atom stereocenters. The maximum atomic E-state index is 5.27. The number of aryl methyl sites for hydroxylation is 1. The Morgan fingerprint density at radius 3 is 2.77 bits per heavy atom. The van der Waals surface area contributed by atoms with E-state index in [0.717, 1.165) is 22.3 Å². The number of benzene rings is 1. The van der Waals surface area contributed by atoms with E-state index in [1.54, 1.807) is 7.11 Å². The number of rotatable bonds is 1. The Hall–Kier alpha value is -1.57. The average Bonchev–Trinajstić information content (AvgIpc) is 2.16. The summed E-state index contributed by atoms with van der Waals surface area (Å²) in [7, 11) is 1.68. The summed E-state index contributed by atoms with van der Waals surface area (Å²) in [6, 6.07) is 9.92. The fraction of sp³-hybridized carbons (Fsp3) is 0.182. The molecule has 0 aliphatic rings. The smallest absolute Gasteiger partial charge is 0.130 e. The molecular weight excluding hydrogens is 162 g/mol. The number of fused-ring (bicyclic) bond motifs is 1. The van der Waals surface area contributed by atoms with Crippen LogP contribution in [0.15, 0.2) is 30.3 Å². The van der Waals surface area contributed by atoms with Gasteiger partial charge in [-0.3, -0.25) is 4.98 Å². The van der Waals surface area contributed by atoms with E-state index < -0.39 is 0 Å². The van der Waals surface area contributed by atoms with Crippen molar-refractivity contribution in [3.05, 3.63) is 36.0 Å². The van der Waals surface area contributed by atoms with Gasteiger partial charge in [-0.15, -0.1) is 0 Å². The topological polar surface area (TPSA) is 22.1 Å². The van der Waals surface area contributed by atoms with Crippen LogP contribution in [0.25, 0.3) is 10.9 Å². The van der Waals surface area contributed by atoms with Gasteiger partial charge in [0.05, 0.1) is 12.6 Å². The molecule has 1 aromatic carbocycles. The Balaban J connectivity index is 2.81. The number of para-hydroxylation sites is 1. The Kier molecular flexibility index (Phi) is 1.89. The zero-order valence-corrected chi connectivity index (χ0v) is 7.74. The number of hydrogen-bond acceptors (Lipinski definition) is 2. The van der Waals surface area contributed by atoms with Crippen molar-refractivity contribution in [2.45, 2.75) is 6.92 Å². The number of hydrogen-bond donors (Lipinski definition) is 0. The maximum absolute atomic E-state index is 5.27. The van der Waals surface area contributed by atoms with Crippen LogP contribution in [0.4, 0.5) is 0 Å². The van der Waals surface area contributed by atoms with Gasteiger partial charge in [0.2, 0.25) is 0 Å². The maximum Gasteiger partial charge on any atom is 0.130 e. The van der Waals surface area contributed by atoms with Gasteiger partial charge in [0.25, 0.3) is 0 Å². The van der Waals surface area contributed by atoms with Crippen LogP contribution in [0.3, 0.4) is 0 Å². The molecule has 0 aliphatic heterocycles. The summed E-state index contributed by atoms with van der Waals surface area (Å²) in [6.45, 7) is 1.97. The average molecular weight is 173 g/mol. The lowest BCUT2D eigenvalue weighted by Gasteiger charge is -2.05. The summed E-state index contributed by atoms with van der Waals surface area (Å²) >= 11 is 0. The molecule has 0 amide bonds. The summed E-state index contributed by atoms with van der Waals surface area (Å²) < 4.78 is 5.27. The van der Waals surface area contributed by atoms with Crippen molar-refractivity contribution >= 4 is 10.9 Å². The van der Waals surface area contributed by atoms with Gasteiger partial charge < -0.3 is 4.74 Å². The van der Waals surface area contributed by atoms with Crippen molar-refractivity contribution in [3.63, 3.8) is 0 Å². The van der Waals surface area contributed by atoms with Crippen molar-refractivity contribution in [3.8, 4) is 5.75 Å². The monoisotopic (exact) mass is 173 g/mol. The minimum Gasteiger partial charge on any atom is -0.496 e. The van der Waals surface area contributed by atoms with E-state index in [1.807, 2.05) is 37.3 Å². The first-order valence-electron chi connectivity index (χ1n) is 4.21. The van der Waals surface area contributed by atoms with Crippen LogP contribution in [-0.2, 0) is 0 Å². The SMILES string of the molecule is COc1cc(C)nc2ccccc12. The van der Waals surface area contributed by atoms with Gasteiger partial charge in [0.1, 0.15) is 5.75 Å². The third-order valence-corrected chi connectivity index (χ3v) is 2.03. The summed E-state index contributed by atoms with van der Waals surface area (Å²) in [5, 5.41) is 1.07. The Labute approximate surface area is 77.2 Å². The molecule has 1 heterocycles. The Morgan fingerprint density at radius 1 is 1.23 bits per heavy atom. The lowest BCUT2D eigenvalue weighted by atomic mass is 10.2. The van der Waals surface area contributed by atoms with Crippen LogP contribution < -0.4 is 4.74 Å². The van der Waals surface area contributed by atoms with E-state index >= 15 is 0 Å². The van der Waals surface area contributed by atoms with E-state index in [-0.39, 0.29) is 0 Å². The highest BCUT2D eigenvalue weighted by molar-refractivity contribution is 5.85. The normalized spacial score (nSPS) is 10.3. The van der Waals surface area contributed by atoms with Gasteiger partial charge in [-0.2, -0.15) is 0 Å². The molecule has 0 aliphatic carbocycles. The van der Waals surface area contributed by atoms with Gasteiger partial charge in [-0.25, -0.2) is 0 Å². The van der Waals surface area contributed by atoms with E-state index in [4.69, 9.17) is 4.74 Å². The highest BCUT2D eigenvalue weighted by Crippen LogP contribution is 2.24. The zero-order chi connectivity index (χ0) is 9.26. The molecule has 2 nitrogen and oxygen atoms in total. The Bertz CT molecular complexity index is 437. The minimum absolute atomic E-state index is 0.892. The van der Waals surface area contributed by atoms with Crippen LogP contribution in [0, 0.1) is 6.92 Å². The molecule has 0 bridgehead atoms. The van der Waals surface area contributed by atoms with Crippen LogP contribution in [0.1, 0.15) is 5.69 Å². The predicted octanol–water partition coefficient (Wildman–Crippen LogP) is 2.55. The fourth-order valence-electron chi connectivity index (χ4n) is 1.44. The molecule has 13 heavy (non-hydrogen) atoms. The molecule has 0 saturated heterocycles. The first-order valence-corrected chi connectivity index (χ1v) is 4.21. The van der Waals surface area contributed by atoms with Crippen LogP contribution in [-0.4, -0.2) is 12.1 Å². The Morgan fingerprint density at radius 2 is 2.00 bits per heavy atom. The zero-order valence-electron chi connectivity index (χ0n) is 7.74. The van der Waals surface area contributed by atoms with Crippen molar-refractivity contribution in [2.75, 3.05) is 7.11 Å². The molecule has 0 atom stereocenters. The van der Waals surface area contributed by atoms with Crippen LogP contribution >= 0.6 is 0 Å². The molecule has 1 aromatic heterocycles.